The van der Waals surface area contributed by atoms with Gasteiger partial charge in [0.25, 0.3) is 0 Å². The number of aromatic nitrogens is 1. The van der Waals surface area contributed by atoms with Gasteiger partial charge in [-0.15, -0.1) is 0 Å². The molecule has 3 nitrogen and oxygen atoms in total. The Labute approximate surface area is 300 Å². The lowest BCUT2D eigenvalue weighted by atomic mass is 9.85. The van der Waals surface area contributed by atoms with Gasteiger partial charge in [0.2, 0.25) is 0 Å². The highest BCUT2D eigenvalue weighted by molar-refractivity contribution is 6.23. The van der Waals surface area contributed by atoms with E-state index in [1.165, 1.54) is 121 Å². The van der Waals surface area contributed by atoms with Crippen LogP contribution in [-0.4, -0.2) is 30.7 Å². The second-order valence-corrected chi connectivity index (χ2v) is 14.6. The van der Waals surface area contributed by atoms with Gasteiger partial charge in [0, 0.05) is 54.0 Å². The van der Waals surface area contributed by atoms with Gasteiger partial charge in [0.1, 0.15) is 0 Å². The monoisotopic (exact) mass is 661 g/mol. The SMILES string of the molecule is c1ccc(-c2c3ccc(N4CCCCC4)cc3c(-c3ccc4c(c3)c3ccccc3n4-c3ccccc3)c3ccc(N4CCCCC4)cc23)cc1. The molecule has 0 N–H and O–H groups in total. The lowest BCUT2D eigenvalue weighted by molar-refractivity contribution is 0.578. The Morgan fingerprint density at radius 2 is 0.843 bits per heavy atom. The topological polar surface area (TPSA) is 11.4 Å². The second-order valence-electron chi connectivity index (χ2n) is 14.6. The highest BCUT2D eigenvalue weighted by Gasteiger charge is 2.22. The van der Waals surface area contributed by atoms with Crippen LogP contribution in [0.3, 0.4) is 0 Å². The number of hydrogen-bond acceptors (Lipinski definition) is 2. The standard InChI is InChI=1S/C48H43N3/c1-5-15-34(16-6-1)47-40-24-22-38(50-29-13-4-14-30-50)33-44(40)48(41-25-23-37(32-43(41)47)49-27-11-3-12-28-49)35-21-26-46-42(31-35)39-19-9-10-20-45(39)51(46)36-17-7-2-8-18-36/h1-2,5-10,15-26,31-33H,3-4,11-14,27-30H2. The Hall–Kier alpha value is -5.54. The molecule has 3 heteroatoms. The summed E-state index contributed by atoms with van der Waals surface area (Å²) in [6.07, 6.45) is 7.72. The highest BCUT2D eigenvalue weighted by atomic mass is 15.1. The van der Waals surface area contributed by atoms with E-state index in [2.05, 4.69) is 154 Å². The number of benzene rings is 7. The average Bonchev–Trinajstić information content (AvgIpc) is 3.54. The molecule has 1 aromatic heterocycles. The van der Waals surface area contributed by atoms with E-state index in [9.17, 15) is 0 Å². The average molecular weight is 662 g/mol. The van der Waals surface area contributed by atoms with Crippen LogP contribution in [0.25, 0.3) is 71.3 Å². The van der Waals surface area contributed by atoms with Gasteiger partial charge in [-0.1, -0.05) is 84.9 Å². The molecule has 2 saturated heterocycles. The largest absolute Gasteiger partial charge is 0.372 e. The van der Waals surface area contributed by atoms with Gasteiger partial charge in [-0.25, -0.2) is 0 Å². The van der Waals surface area contributed by atoms with Crippen LogP contribution in [0.2, 0.25) is 0 Å². The molecule has 2 fully saturated rings. The van der Waals surface area contributed by atoms with Crippen molar-refractivity contribution in [2.24, 2.45) is 0 Å². The van der Waals surface area contributed by atoms with Gasteiger partial charge in [-0.05, 0) is 137 Å². The molecule has 51 heavy (non-hydrogen) atoms. The van der Waals surface area contributed by atoms with Crippen LogP contribution >= 0.6 is 0 Å². The minimum atomic E-state index is 1.13. The van der Waals surface area contributed by atoms with Gasteiger partial charge in [-0.2, -0.15) is 0 Å². The smallest absolute Gasteiger partial charge is 0.0541 e. The molecule has 0 amide bonds. The van der Waals surface area contributed by atoms with Crippen LogP contribution in [0.1, 0.15) is 38.5 Å². The fourth-order valence-corrected chi connectivity index (χ4v) is 9.11. The minimum Gasteiger partial charge on any atom is -0.372 e. The molecule has 250 valence electrons. The molecule has 0 aliphatic carbocycles. The molecule has 0 radical (unpaired) electrons. The van der Waals surface area contributed by atoms with Crippen molar-refractivity contribution < 1.29 is 0 Å². The van der Waals surface area contributed by atoms with E-state index < -0.39 is 0 Å². The van der Waals surface area contributed by atoms with E-state index in [0.717, 1.165) is 26.2 Å². The molecule has 3 heterocycles. The molecule has 0 atom stereocenters. The van der Waals surface area contributed by atoms with E-state index in [1.54, 1.807) is 0 Å². The van der Waals surface area contributed by atoms with Crippen molar-refractivity contribution >= 4 is 54.7 Å². The second kappa shape index (κ2) is 12.7. The quantitative estimate of drug-likeness (QED) is 0.170. The number of piperidine rings is 2. The predicted molar refractivity (Wildman–Crippen MR) is 219 cm³/mol. The fraction of sp³-hybridized carbons (Fsp3) is 0.208. The van der Waals surface area contributed by atoms with Crippen molar-refractivity contribution in [3.8, 4) is 27.9 Å². The number of nitrogens with zero attached hydrogens (tertiary/aromatic N) is 3. The molecule has 2 aliphatic rings. The summed E-state index contributed by atoms with van der Waals surface area (Å²) >= 11 is 0. The molecule has 8 aromatic rings. The summed E-state index contributed by atoms with van der Waals surface area (Å²) in [5.41, 5.74) is 11.6. The minimum absolute atomic E-state index is 1.13. The van der Waals surface area contributed by atoms with Crippen LogP contribution in [0.15, 0.2) is 140 Å². The van der Waals surface area contributed by atoms with Crippen LogP contribution in [0.4, 0.5) is 11.4 Å². The summed E-state index contributed by atoms with van der Waals surface area (Å²) in [6.45, 7) is 4.52. The molecule has 0 spiro atoms. The van der Waals surface area contributed by atoms with Gasteiger partial charge < -0.3 is 14.4 Å². The molecule has 2 aliphatic heterocycles. The van der Waals surface area contributed by atoms with Crippen LogP contribution in [-0.2, 0) is 0 Å². The van der Waals surface area contributed by atoms with E-state index in [-0.39, 0.29) is 0 Å². The molecule has 10 rings (SSSR count). The number of hydrogen-bond donors (Lipinski definition) is 0. The first kappa shape index (κ1) is 30.3. The lowest BCUT2D eigenvalue weighted by Crippen LogP contribution is -2.29. The number of anilines is 2. The van der Waals surface area contributed by atoms with Crippen molar-refractivity contribution in [3.63, 3.8) is 0 Å². The van der Waals surface area contributed by atoms with Gasteiger partial charge in [0.05, 0.1) is 11.0 Å². The first-order valence-corrected chi connectivity index (χ1v) is 19.0. The first-order valence-electron chi connectivity index (χ1n) is 19.0. The Morgan fingerprint density at radius 3 is 1.47 bits per heavy atom. The maximum Gasteiger partial charge on any atom is 0.0541 e. The van der Waals surface area contributed by atoms with Gasteiger partial charge in [0.15, 0.2) is 0 Å². The van der Waals surface area contributed by atoms with E-state index in [4.69, 9.17) is 0 Å². The van der Waals surface area contributed by atoms with Gasteiger partial charge in [-0.3, -0.25) is 0 Å². The lowest BCUT2D eigenvalue weighted by Gasteiger charge is -2.30. The maximum absolute atomic E-state index is 2.61. The molecular formula is C48H43N3. The summed E-state index contributed by atoms with van der Waals surface area (Å²) in [6, 6.07) is 52.7. The Balaban J connectivity index is 1.29. The van der Waals surface area contributed by atoms with Crippen LogP contribution < -0.4 is 9.80 Å². The molecule has 0 saturated carbocycles. The summed E-state index contributed by atoms with van der Waals surface area (Å²) in [5.74, 6) is 0. The zero-order chi connectivity index (χ0) is 33.7. The van der Waals surface area contributed by atoms with Crippen molar-refractivity contribution in [1.82, 2.24) is 4.57 Å². The maximum atomic E-state index is 2.61. The third-order valence-corrected chi connectivity index (χ3v) is 11.6. The van der Waals surface area contributed by atoms with Crippen molar-refractivity contribution in [3.05, 3.63) is 140 Å². The van der Waals surface area contributed by atoms with Crippen LogP contribution in [0.5, 0.6) is 0 Å². The highest BCUT2D eigenvalue weighted by Crippen LogP contribution is 2.47. The molecule has 7 aromatic carbocycles. The van der Waals surface area contributed by atoms with E-state index >= 15 is 0 Å². The first-order chi connectivity index (χ1) is 25.3. The third kappa shape index (κ3) is 5.17. The normalized spacial score (nSPS) is 15.4. The Morgan fingerprint density at radius 1 is 0.314 bits per heavy atom. The summed E-state index contributed by atoms with van der Waals surface area (Å²) in [5, 5.41) is 7.90. The Kier molecular flexibility index (Phi) is 7.52. The molecular weight excluding hydrogens is 619 g/mol. The van der Waals surface area contributed by atoms with E-state index in [1.807, 2.05) is 0 Å². The van der Waals surface area contributed by atoms with E-state index in [0.29, 0.717) is 0 Å². The zero-order valence-corrected chi connectivity index (χ0v) is 29.2. The van der Waals surface area contributed by atoms with Gasteiger partial charge >= 0.3 is 0 Å². The summed E-state index contributed by atoms with van der Waals surface area (Å²) in [4.78, 5) is 5.21. The van der Waals surface area contributed by atoms with Crippen molar-refractivity contribution in [1.29, 1.82) is 0 Å². The Bertz CT molecular complexity index is 2530. The van der Waals surface area contributed by atoms with Crippen LogP contribution in [0, 0.1) is 0 Å². The number of rotatable bonds is 5. The van der Waals surface area contributed by atoms with Crippen molar-refractivity contribution in [2.75, 3.05) is 36.0 Å². The third-order valence-electron chi connectivity index (χ3n) is 11.6. The summed E-state index contributed by atoms with van der Waals surface area (Å²) in [7, 11) is 0. The summed E-state index contributed by atoms with van der Waals surface area (Å²) < 4.78 is 2.42. The molecule has 0 unspecified atom stereocenters. The number of para-hydroxylation sites is 2. The predicted octanol–water partition coefficient (Wildman–Crippen LogP) is 12.4. The fourth-order valence-electron chi connectivity index (χ4n) is 9.11. The molecule has 0 bridgehead atoms. The number of fused-ring (bicyclic) bond motifs is 5. The van der Waals surface area contributed by atoms with Crippen molar-refractivity contribution in [2.45, 2.75) is 38.5 Å². The zero-order valence-electron chi connectivity index (χ0n) is 29.2.